The fourth-order valence-corrected chi connectivity index (χ4v) is 5.75. The molecule has 0 fully saturated rings. The van der Waals surface area contributed by atoms with Crippen molar-refractivity contribution in [2.24, 2.45) is 0 Å². The Morgan fingerprint density at radius 3 is 0.885 bits per heavy atom. The van der Waals surface area contributed by atoms with Crippen molar-refractivity contribution in [2.45, 2.75) is 118 Å². The zero-order valence-electron chi connectivity index (χ0n) is 33.4. The molecule has 52 heavy (non-hydrogen) atoms. The van der Waals surface area contributed by atoms with Crippen molar-refractivity contribution in [2.75, 3.05) is 21.3 Å². The van der Waals surface area contributed by atoms with Gasteiger partial charge in [-0.1, -0.05) is 138 Å². The van der Waals surface area contributed by atoms with Crippen LogP contribution in [0.25, 0.3) is 0 Å². The quantitative estimate of drug-likeness (QED) is 0.116. The van der Waals surface area contributed by atoms with Crippen molar-refractivity contribution in [1.82, 2.24) is 15.0 Å². The van der Waals surface area contributed by atoms with Crippen LogP contribution in [-0.4, -0.2) is 15.0 Å². The third-order valence-electron chi connectivity index (χ3n) is 9.16. The molecule has 0 radical (unpaired) electrons. The smallest absolute Gasteiger partial charge is 0.133 e. The summed E-state index contributed by atoms with van der Waals surface area (Å²) in [4.78, 5) is 14.5. The lowest BCUT2D eigenvalue weighted by molar-refractivity contribution is 0.566. The summed E-state index contributed by atoms with van der Waals surface area (Å²) in [5.74, 6) is 4.39. The maximum absolute atomic E-state index is 4.83. The van der Waals surface area contributed by atoms with Crippen LogP contribution in [0.4, 0.5) is 34.9 Å². The molecule has 4 N–H and O–H groups in total. The van der Waals surface area contributed by atoms with Gasteiger partial charge in [0.15, 0.2) is 0 Å². The Morgan fingerprint density at radius 2 is 0.615 bits per heavy atom. The molecule has 7 nitrogen and oxygen atoms in total. The van der Waals surface area contributed by atoms with Crippen LogP contribution in [0, 0.1) is 0 Å². The van der Waals surface area contributed by atoms with E-state index >= 15 is 0 Å². The lowest BCUT2D eigenvalue weighted by Gasteiger charge is -2.26. The van der Waals surface area contributed by atoms with Gasteiger partial charge in [-0.2, -0.15) is 0 Å². The SMILES string of the molecule is CC(C)(C)c1cc(CNc2cccc(Nc3cccc(Nc4cccc(NCc5cc(C(C)(C)C)cc(C(C)(C)C)c5)n4)n3)n2)cc(C(C)(C)C)c1. The third-order valence-corrected chi connectivity index (χ3v) is 9.16. The van der Waals surface area contributed by atoms with E-state index in [2.05, 4.69) is 141 Å². The monoisotopic (exact) mass is 697 g/mol. The summed E-state index contributed by atoms with van der Waals surface area (Å²) < 4.78 is 0. The fourth-order valence-electron chi connectivity index (χ4n) is 5.75. The molecule has 5 rings (SSSR count). The Kier molecular flexibility index (Phi) is 11.0. The highest BCUT2D eigenvalue weighted by Gasteiger charge is 2.22. The van der Waals surface area contributed by atoms with E-state index in [0.29, 0.717) is 36.4 Å². The van der Waals surface area contributed by atoms with Gasteiger partial charge in [-0.15, -0.1) is 0 Å². The van der Waals surface area contributed by atoms with Gasteiger partial charge in [-0.25, -0.2) is 15.0 Å². The van der Waals surface area contributed by atoms with Gasteiger partial charge in [0, 0.05) is 13.1 Å². The van der Waals surface area contributed by atoms with E-state index in [-0.39, 0.29) is 21.7 Å². The van der Waals surface area contributed by atoms with E-state index in [4.69, 9.17) is 15.0 Å². The number of hydrogen-bond donors (Lipinski definition) is 4. The Labute approximate surface area is 312 Å². The molecular formula is C45H59N7. The van der Waals surface area contributed by atoms with E-state index in [1.54, 1.807) is 0 Å². The van der Waals surface area contributed by atoms with Crippen LogP contribution in [0.3, 0.4) is 0 Å². The Balaban J connectivity index is 1.24. The van der Waals surface area contributed by atoms with Gasteiger partial charge in [-0.05, 0) is 91.4 Å². The summed E-state index contributed by atoms with van der Waals surface area (Å²) in [7, 11) is 0. The first-order valence-corrected chi connectivity index (χ1v) is 18.5. The predicted octanol–water partition coefficient (Wildman–Crippen LogP) is 11.8. The maximum atomic E-state index is 4.83. The van der Waals surface area contributed by atoms with E-state index in [0.717, 1.165) is 11.6 Å². The molecule has 5 aromatic rings. The Hall–Kier alpha value is -4.91. The highest BCUT2D eigenvalue weighted by molar-refractivity contribution is 5.60. The van der Waals surface area contributed by atoms with Crippen LogP contribution in [-0.2, 0) is 34.7 Å². The van der Waals surface area contributed by atoms with Crippen LogP contribution in [0.1, 0.15) is 116 Å². The number of nitrogens with zero attached hydrogens (tertiary/aromatic N) is 3. The lowest BCUT2D eigenvalue weighted by atomic mass is 9.79. The van der Waals surface area contributed by atoms with E-state index in [9.17, 15) is 0 Å². The largest absolute Gasteiger partial charge is 0.366 e. The minimum Gasteiger partial charge on any atom is -0.366 e. The van der Waals surface area contributed by atoms with E-state index in [1.807, 2.05) is 54.6 Å². The van der Waals surface area contributed by atoms with Gasteiger partial charge < -0.3 is 21.3 Å². The molecule has 0 saturated carbocycles. The normalized spacial score (nSPS) is 12.4. The summed E-state index contributed by atoms with van der Waals surface area (Å²) in [6.07, 6.45) is 0. The fraction of sp³-hybridized carbons (Fsp3) is 0.400. The summed E-state index contributed by atoms with van der Waals surface area (Å²) in [5, 5.41) is 13.8. The Bertz CT molecular complexity index is 1780. The minimum atomic E-state index is 0.0696. The number of aromatic nitrogens is 3. The maximum Gasteiger partial charge on any atom is 0.133 e. The molecule has 0 saturated heterocycles. The topological polar surface area (TPSA) is 86.8 Å². The van der Waals surface area contributed by atoms with Gasteiger partial charge in [0.1, 0.15) is 34.9 Å². The van der Waals surface area contributed by atoms with Crippen molar-refractivity contribution in [1.29, 1.82) is 0 Å². The minimum absolute atomic E-state index is 0.0696. The number of nitrogens with one attached hydrogen (secondary N) is 4. The first kappa shape index (κ1) is 38.3. The highest BCUT2D eigenvalue weighted by Crippen LogP contribution is 2.32. The van der Waals surface area contributed by atoms with Crippen LogP contribution >= 0.6 is 0 Å². The van der Waals surface area contributed by atoms with Crippen LogP contribution < -0.4 is 21.3 Å². The molecular weight excluding hydrogens is 639 g/mol. The standard InChI is InChI=1S/C45H59N7/c1-42(2,3)32-22-30(23-33(26-32)43(4,5)6)28-46-36-16-13-18-38(48-36)50-40-20-15-21-41(52-40)51-39-19-14-17-37(49-39)47-29-31-24-34(44(7,8)9)27-35(25-31)45(10,11)12/h13-27H,28-29H2,1-12H3,(H4,46,47,48,49,50,51,52). The van der Waals surface area contributed by atoms with Crippen LogP contribution in [0.15, 0.2) is 91.0 Å². The second-order valence-corrected chi connectivity index (χ2v) is 18.0. The number of rotatable bonds is 10. The first-order chi connectivity index (χ1) is 24.2. The van der Waals surface area contributed by atoms with Gasteiger partial charge >= 0.3 is 0 Å². The molecule has 0 atom stereocenters. The van der Waals surface area contributed by atoms with Gasteiger partial charge in [0.05, 0.1) is 0 Å². The van der Waals surface area contributed by atoms with Gasteiger partial charge in [-0.3, -0.25) is 0 Å². The molecule has 7 heteroatoms. The molecule has 274 valence electrons. The van der Waals surface area contributed by atoms with Crippen molar-refractivity contribution >= 4 is 34.9 Å². The second kappa shape index (κ2) is 15.0. The van der Waals surface area contributed by atoms with Crippen molar-refractivity contribution in [3.63, 3.8) is 0 Å². The number of pyridine rings is 3. The van der Waals surface area contributed by atoms with Crippen molar-refractivity contribution < 1.29 is 0 Å². The molecule has 0 aliphatic rings. The highest BCUT2D eigenvalue weighted by atomic mass is 15.1. The van der Waals surface area contributed by atoms with Crippen molar-refractivity contribution in [3.8, 4) is 0 Å². The molecule has 2 aromatic carbocycles. The predicted molar refractivity (Wildman–Crippen MR) is 222 cm³/mol. The zero-order valence-corrected chi connectivity index (χ0v) is 33.4. The first-order valence-electron chi connectivity index (χ1n) is 18.5. The van der Waals surface area contributed by atoms with Crippen LogP contribution in [0.5, 0.6) is 0 Å². The molecule has 0 unspecified atom stereocenters. The molecule has 3 aromatic heterocycles. The van der Waals surface area contributed by atoms with E-state index < -0.39 is 0 Å². The second-order valence-electron chi connectivity index (χ2n) is 18.0. The molecule has 3 heterocycles. The molecule has 0 bridgehead atoms. The van der Waals surface area contributed by atoms with Gasteiger partial charge in [0.25, 0.3) is 0 Å². The molecule has 0 spiro atoms. The molecule has 0 aliphatic heterocycles. The molecule has 0 amide bonds. The lowest BCUT2D eigenvalue weighted by Crippen LogP contribution is -2.17. The number of anilines is 6. The zero-order chi connectivity index (χ0) is 37.9. The Morgan fingerprint density at radius 1 is 0.365 bits per heavy atom. The van der Waals surface area contributed by atoms with Gasteiger partial charge in [0.2, 0.25) is 0 Å². The number of benzene rings is 2. The number of hydrogen-bond acceptors (Lipinski definition) is 7. The summed E-state index contributed by atoms with van der Waals surface area (Å²) in [6, 6.07) is 31.6. The summed E-state index contributed by atoms with van der Waals surface area (Å²) in [6.45, 7) is 28.6. The average molecular weight is 698 g/mol. The van der Waals surface area contributed by atoms with Crippen LogP contribution in [0.2, 0.25) is 0 Å². The van der Waals surface area contributed by atoms with Crippen molar-refractivity contribution in [3.05, 3.63) is 124 Å². The average Bonchev–Trinajstić information content (AvgIpc) is 3.05. The summed E-state index contributed by atoms with van der Waals surface area (Å²) in [5.41, 5.74) is 8.14. The summed E-state index contributed by atoms with van der Waals surface area (Å²) >= 11 is 0. The van der Waals surface area contributed by atoms with E-state index in [1.165, 1.54) is 33.4 Å². The third kappa shape index (κ3) is 10.6. The molecule has 0 aliphatic carbocycles.